The van der Waals surface area contributed by atoms with Gasteiger partial charge < -0.3 is 20.2 Å². The highest BCUT2D eigenvalue weighted by Gasteiger charge is 2.25. The first-order valence-electron chi connectivity index (χ1n) is 7.15. The molecule has 0 aromatic heterocycles. The fourth-order valence-corrected chi connectivity index (χ4v) is 2.35. The van der Waals surface area contributed by atoms with Crippen LogP contribution in [0, 0.1) is 5.41 Å². The van der Waals surface area contributed by atoms with Crippen molar-refractivity contribution in [3.63, 3.8) is 0 Å². The third kappa shape index (κ3) is 5.47. The van der Waals surface area contributed by atoms with Gasteiger partial charge in [-0.1, -0.05) is 20.8 Å². The summed E-state index contributed by atoms with van der Waals surface area (Å²) in [6.45, 7) is 10.4. The van der Waals surface area contributed by atoms with Crippen LogP contribution in [0.25, 0.3) is 0 Å². The number of likely N-dealkylation sites (N-methyl/N-ethyl adjacent to an activating group) is 1. The molecule has 1 saturated heterocycles. The molecule has 1 heterocycles. The number of carbonyl (C=O) groups excluding carboxylic acids is 1. The number of aliphatic hydroxyl groups excluding tert-OH is 1. The summed E-state index contributed by atoms with van der Waals surface area (Å²) in [5, 5.41) is 12.4. The molecule has 0 aromatic carbocycles. The molecule has 1 amide bonds. The number of piperazine rings is 1. The molecule has 2 N–H and O–H groups in total. The Bertz CT molecular complexity index is 281. The number of aliphatic hydroxyl groups is 1. The number of amides is 1. The molecule has 0 radical (unpaired) electrons. The van der Waals surface area contributed by atoms with Gasteiger partial charge >= 0.3 is 0 Å². The maximum Gasteiger partial charge on any atom is 0.236 e. The zero-order valence-corrected chi connectivity index (χ0v) is 12.8. The molecule has 5 nitrogen and oxygen atoms in total. The maximum absolute atomic E-state index is 12.1. The van der Waals surface area contributed by atoms with Crippen LogP contribution >= 0.6 is 0 Å². The van der Waals surface area contributed by atoms with Crippen LogP contribution in [0.2, 0.25) is 0 Å². The highest BCUT2D eigenvalue weighted by Crippen LogP contribution is 2.21. The Balaban J connectivity index is 2.39. The molecule has 0 saturated carbocycles. The first-order chi connectivity index (χ1) is 8.84. The summed E-state index contributed by atoms with van der Waals surface area (Å²) < 4.78 is 0. The van der Waals surface area contributed by atoms with Gasteiger partial charge in [0.2, 0.25) is 5.91 Å². The molecule has 0 aliphatic carbocycles. The van der Waals surface area contributed by atoms with Crippen LogP contribution in [0.1, 0.15) is 27.2 Å². The first-order valence-corrected chi connectivity index (χ1v) is 7.15. The lowest BCUT2D eigenvalue weighted by molar-refractivity contribution is -0.132. The van der Waals surface area contributed by atoms with Gasteiger partial charge in [-0.05, 0) is 18.9 Å². The van der Waals surface area contributed by atoms with Crippen molar-refractivity contribution in [2.45, 2.75) is 33.2 Å². The third-order valence-electron chi connectivity index (χ3n) is 3.82. The van der Waals surface area contributed by atoms with E-state index >= 15 is 0 Å². The van der Waals surface area contributed by atoms with E-state index in [1.54, 1.807) is 0 Å². The van der Waals surface area contributed by atoms with Crippen molar-refractivity contribution in [2.75, 3.05) is 46.4 Å². The lowest BCUT2D eigenvalue weighted by Gasteiger charge is -2.34. The van der Waals surface area contributed by atoms with Crippen LogP contribution in [0.15, 0.2) is 0 Å². The van der Waals surface area contributed by atoms with Gasteiger partial charge in [-0.3, -0.25) is 4.79 Å². The van der Waals surface area contributed by atoms with E-state index in [2.05, 4.69) is 38.0 Å². The van der Waals surface area contributed by atoms with Gasteiger partial charge in [-0.25, -0.2) is 0 Å². The van der Waals surface area contributed by atoms with Gasteiger partial charge in [-0.15, -0.1) is 0 Å². The Morgan fingerprint density at radius 3 is 2.32 bits per heavy atom. The minimum Gasteiger partial charge on any atom is -0.396 e. The van der Waals surface area contributed by atoms with Crippen molar-refractivity contribution in [2.24, 2.45) is 5.41 Å². The maximum atomic E-state index is 12.1. The molecule has 1 atom stereocenters. The van der Waals surface area contributed by atoms with Crippen LogP contribution in [0.5, 0.6) is 0 Å². The Labute approximate surface area is 117 Å². The molecule has 1 aliphatic heterocycles. The summed E-state index contributed by atoms with van der Waals surface area (Å²) >= 11 is 0. The summed E-state index contributed by atoms with van der Waals surface area (Å²) in [6.07, 6.45) is 0.680. The van der Waals surface area contributed by atoms with Gasteiger partial charge in [0.25, 0.3) is 0 Å². The van der Waals surface area contributed by atoms with E-state index in [-0.39, 0.29) is 24.0 Å². The van der Waals surface area contributed by atoms with Crippen molar-refractivity contribution >= 4 is 5.91 Å². The summed E-state index contributed by atoms with van der Waals surface area (Å²) in [6, 6.07) is 0.161. The van der Waals surface area contributed by atoms with E-state index in [0.717, 1.165) is 26.2 Å². The highest BCUT2D eigenvalue weighted by molar-refractivity contribution is 5.78. The molecular weight excluding hydrogens is 242 g/mol. The lowest BCUT2D eigenvalue weighted by Crippen LogP contribution is -2.51. The number of rotatable bonds is 5. The second-order valence-electron chi connectivity index (χ2n) is 6.50. The number of nitrogens with one attached hydrogen (secondary N) is 1. The van der Waals surface area contributed by atoms with Gasteiger partial charge in [0.05, 0.1) is 6.54 Å². The Morgan fingerprint density at radius 1 is 1.26 bits per heavy atom. The Hall–Kier alpha value is -0.650. The van der Waals surface area contributed by atoms with Crippen LogP contribution in [-0.2, 0) is 4.79 Å². The van der Waals surface area contributed by atoms with Crippen molar-refractivity contribution in [1.82, 2.24) is 15.1 Å². The summed E-state index contributed by atoms with van der Waals surface area (Å²) in [5.74, 6) is 0.167. The summed E-state index contributed by atoms with van der Waals surface area (Å²) in [4.78, 5) is 16.3. The van der Waals surface area contributed by atoms with Crippen molar-refractivity contribution in [3.05, 3.63) is 0 Å². The molecule has 0 bridgehead atoms. The molecule has 112 valence electrons. The molecule has 1 aliphatic rings. The third-order valence-corrected chi connectivity index (χ3v) is 3.82. The predicted molar refractivity (Wildman–Crippen MR) is 77.0 cm³/mol. The average Bonchev–Trinajstić information content (AvgIpc) is 2.33. The van der Waals surface area contributed by atoms with E-state index in [1.807, 2.05) is 4.90 Å². The predicted octanol–water partition coefficient (Wildman–Crippen LogP) is 0.147. The van der Waals surface area contributed by atoms with Crippen molar-refractivity contribution in [1.29, 1.82) is 0 Å². The zero-order valence-electron chi connectivity index (χ0n) is 12.8. The van der Waals surface area contributed by atoms with Gasteiger partial charge in [0.15, 0.2) is 0 Å². The van der Waals surface area contributed by atoms with E-state index in [9.17, 15) is 4.79 Å². The normalized spacial score (nSPS) is 19.5. The highest BCUT2D eigenvalue weighted by atomic mass is 16.3. The average molecular weight is 271 g/mol. The van der Waals surface area contributed by atoms with Gasteiger partial charge in [0, 0.05) is 38.8 Å². The van der Waals surface area contributed by atoms with Crippen LogP contribution in [-0.4, -0.2) is 73.2 Å². The summed E-state index contributed by atoms with van der Waals surface area (Å²) in [5.41, 5.74) is 0.0468. The zero-order chi connectivity index (χ0) is 14.5. The topological polar surface area (TPSA) is 55.8 Å². The smallest absolute Gasteiger partial charge is 0.236 e. The molecule has 5 heteroatoms. The van der Waals surface area contributed by atoms with Gasteiger partial charge in [-0.2, -0.15) is 0 Å². The summed E-state index contributed by atoms with van der Waals surface area (Å²) in [7, 11) is 2.08. The molecule has 0 aromatic rings. The second-order valence-corrected chi connectivity index (χ2v) is 6.50. The molecule has 19 heavy (non-hydrogen) atoms. The van der Waals surface area contributed by atoms with Crippen molar-refractivity contribution in [3.8, 4) is 0 Å². The first kappa shape index (κ1) is 16.4. The quantitative estimate of drug-likeness (QED) is 0.747. The van der Waals surface area contributed by atoms with Crippen LogP contribution < -0.4 is 5.32 Å². The molecule has 1 rings (SSSR count). The van der Waals surface area contributed by atoms with E-state index in [0.29, 0.717) is 13.0 Å². The minimum atomic E-state index is 0.0468. The standard InChI is InChI=1S/C14H29N3O2/c1-14(2,3)12(5-10-18)15-11-13(19)17-8-6-16(4)7-9-17/h12,15,18H,5-11H2,1-4H3. The molecule has 1 unspecified atom stereocenters. The number of carbonyl (C=O) groups is 1. The van der Waals surface area contributed by atoms with E-state index in [4.69, 9.17) is 5.11 Å². The van der Waals surface area contributed by atoms with Gasteiger partial charge in [0.1, 0.15) is 0 Å². The monoisotopic (exact) mass is 271 g/mol. The number of hydrogen-bond donors (Lipinski definition) is 2. The molecular formula is C14H29N3O2. The number of hydrogen-bond acceptors (Lipinski definition) is 4. The lowest BCUT2D eigenvalue weighted by atomic mass is 9.85. The Kier molecular flexibility index (Phi) is 6.23. The van der Waals surface area contributed by atoms with E-state index in [1.165, 1.54) is 0 Å². The molecule has 0 spiro atoms. The largest absolute Gasteiger partial charge is 0.396 e. The fraction of sp³-hybridized carbons (Fsp3) is 0.929. The second kappa shape index (κ2) is 7.22. The van der Waals surface area contributed by atoms with E-state index < -0.39 is 0 Å². The number of nitrogens with zero attached hydrogens (tertiary/aromatic N) is 2. The molecule has 1 fully saturated rings. The SMILES string of the molecule is CN1CCN(C(=O)CNC(CCO)C(C)(C)C)CC1. The van der Waals surface area contributed by atoms with Crippen molar-refractivity contribution < 1.29 is 9.90 Å². The van der Waals surface area contributed by atoms with Crippen LogP contribution in [0.4, 0.5) is 0 Å². The minimum absolute atomic E-state index is 0.0468. The van der Waals surface area contributed by atoms with Crippen LogP contribution in [0.3, 0.4) is 0 Å². The Morgan fingerprint density at radius 2 is 1.84 bits per heavy atom. The fourth-order valence-electron chi connectivity index (χ4n) is 2.35.